The summed E-state index contributed by atoms with van der Waals surface area (Å²) in [6.45, 7) is 2.26. The van der Waals surface area contributed by atoms with Gasteiger partial charge >= 0.3 is 0 Å². The number of carbonyl (C=O) groups is 3. The molecule has 4 rings (SSSR count). The van der Waals surface area contributed by atoms with Gasteiger partial charge in [0.2, 0.25) is 17.7 Å². The SMILES string of the molecule is C[C@H](NC(=O)[C@H]1CC(=O)N(c2ccc(F)cc2)C1)C(=O)NCCc1c[nH]c2ccccc12. The summed E-state index contributed by atoms with van der Waals surface area (Å²) in [5.41, 5.74) is 2.72. The van der Waals surface area contributed by atoms with E-state index in [1.165, 1.54) is 29.2 Å². The molecule has 2 aromatic carbocycles. The van der Waals surface area contributed by atoms with E-state index in [2.05, 4.69) is 15.6 Å². The Morgan fingerprint density at radius 2 is 1.94 bits per heavy atom. The largest absolute Gasteiger partial charge is 0.361 e. The highest BCUT2D eigenvalue weighted by atomic mass is 19.1. The molecule has 2 heterocycles. The van der Waals surface area contributed by atoms with Crippen LogP contribution in [0, 0.1) is 11.7 Å². The van der Waals surface area contributed by atoms with E-state index in [0.717, 1.165) is 16.5 Å². The van der Waals surface area contributed by atoms with Gasteiger partial charge in [0, 0.05) is 42.3 Å². The monoisotopic (exact) mass is 436 g/mol. The number of nitrogens with zero attached hydrogens (tertiary/aromatic N) is 1. The molecule has 32 heavy (non-hydrogen) atoms. The predicted octanol–water partition coefficient (Wildman–Crippen LogP) is 2.52. The van der Waals surface area contributed by atoms with Crippen molar-refractivity contribution in [1.29, 1.82) is 0 Å². The summed E-state index contributed by atoms with van der Waals surface area (Å²) in [7, 11) is 0. The lowest BCUT2D eigenvalue weighted by atomic mass is 10.1. The summed E-state index contributed by atoms with van der Waals surface area (Å²) in [5, 5.41) is 6.67. The average molecular weight is 436 g/mol. The molecule has 0 bridgehead atoms. The molecule has 3 aromatic rings. The van der Waals surface area contributed by atoms with E-state index >= 15 is 0 Å². The van der Waals surface area contributed by atoms with Gasteiger partial charge in [-0.2, -0.15) is 0 Å². The molecule has 0 spiro atoms. The van der Waals surface area contributed by atoms with Crippen LogP contribution in [0.3, 0.4) is 0 Å². The molecule has 1 aromatic heterocycles. The zero-order valence-electron chi connectivity index (χ0n) is 17.7. The fourth-order valence-electron chi connectivity index (χ4n) is 3.96. The van der Waals surface area contributed by atoms with Crippen LogP contribution >= 0.6 is 0 Å². The van der Waals surface area contributed by atoms with E-state index in [1.807, 2.05) is 30.5 Å². The van der Waals surface area contributed by atoms with Crippen molar-refractivity contribution in [2.75, 3.05) is 18.0 Å². The molecular formula is C24H25FN4O3. The maximum Gasteiger partial charge on any atom is 0.242 e. The Hall–Kier alpha value is -3.68. The lowest BCUT2D eigenvalue weighted by Gasteiger charge is -2.18. The fourth-order valence-corrected chi connectivity index (χ4v) is 3.96. The molecule has 1 saturated heterocycles. The Bertz CT molecular complexity index is 1140. The van der Waals surface area contributed by atoms with E-state index in [4.69, 9.17) is 0 Å². The van der Waals surface area contributed by atoms with Crippen LogP contribution in [-0.2, 0) is 20.8 Å². The number of H-pyrrole nitrogens is 1. The first-order valence-corrected chi connectivity index (χ1v) is 10.6. The molecule has 3 N–H and O–H groups in total. The van der Waals surface area contributed by atoms with Gasteiger partial charge in [-0.25, -0.2) is 4.39 Å². The number of halogens is 1. The lowest BCUT2D eigenvalue weighted by Crippen LogP contribution is -2.47. The number of benzene rings is 2. The Morgan fingerprint density at radius 3 is 2.72 bits per heavy atom. The molecule has 1 aliphatic heterocycles. The second kappa shape index (κ2) is 9.21. The molecular weight excluding hydrogens is 411 g/mol. The Labute approximate surface area is 185 Å². The van der Waals surface area contributed by atoms with Crippen LogP contribution in [0.5, 0.6) is 0 Å². The van der Waals surface area contributed by atoms with E-state index in [1.54, 1.807) is 6.92 Å². The molecule has 166 valence electrons. The highest BCUT2D eigenvalue weighted by Gasteiger charge is 2.36. The van der Waals surface area contributed by atoms with Gasteiger partial charge in [0.25, 0.3) is 0 Å². The quantitative estimate of drug-likeness (QED) is 0.531. The van der Waals surface area contributed by atoms with E-state index in [-0.39, 0.29) is 36.5 Å². The van der Waals surface area contributed by atoms with Crippen LogP contribution < -0.4 is 15.5 Å². The summed E-state index contributed by atoms with van der Waals surface area (Å²) in [5.74, 6) is -1.78. The molecule has 0 aliphatic carbocycles. The van der Waals surface area contributed by atoms with Gasteiger partial charge in [0.15, 0.2) is 0 Å². The summed E-state index contributed by atoms with van der Waals surface area (Å²) in [4.78, 5) is 42.0. The zero-order valence-corrected chi connectivity index (χ0v) is 17.7. The number of fused-ring (bicyclic) bond motifs is 1. The number of para-hydroxylation sites is 1. The zero-order chi connectivity index (χ0) is 22.7. The number of amides is 3. The predicted molar refractivity (Wildman–Crippen MR) is 119 cm³/mol. The van der Waals surface area contributed by atoms with Crippen molar-refractivity contribution < 1.29 is 18.8 Å². The first-order chi connectivity index (χ1) is 15.4. The maximum atomic E-state index is 13.1. The Kier molecular flexibility index (Phi) is 6.20. The van der Waals surface area contributed by atoms with Crippen LogP contribution in [0.25, 0.3) is 10.9 Å². The van der Waals surface area contributed by atoms with Gasteiger partial charge in [-0.1, -0.05) is 18.2 Å². The minimum atomic E-state index is -0.722. The van der Waals surface area contributed by atoms with Gasteiger partial charge in [0.1, 0.15) is 11.9 Å². The van der Waals surface area contributed by atoms with Crippen molar-refractivity contribution in [2.24, 2.45) is 5.92 Å². The Morgan fingerprint density at radius 1 is 1.19 bits per heavy atom. The fraction of sp³-hybridized carbons (Fsp3) is 0.292. The molecule has 0 radical (unpaired) electrons. The van der Waals surface area contributed by atoms with Crippen LogP contribution in [0.4, 0.5) is 10.1 Å². The van der Waals surface area contributed by atoms with E-state index < -0.39 is 12.0 Å². The number of carbonyl (C=O) groups excluding carboxylic acids is 3. The van der Waals surface area contributed by atoms with Crippen LogP contribution in [-0.4, -0.2) is 41.8 Å². The van der Waals surface area contributed by atoms with Crippen molar-refractivity contribution in [3.05, 3.63) is 66.1 Å². The maximum absolute atomic E-state index is 13.1. The third-order valence-electron chi connectivity index (χ3n) is 5.75. The molecule has 2 atom stereocenters. The summed E-state index contributed by atoms with van der Waals surface area (Å²) < 4.78 is 13.1. The van der Waals surface area contributed by atoms with Crippen LogP contribution in [0.1, 0.15) is 18.9 Å². The third-order valence-corrected chi connectivity index (χ3v) is 5.75. The minimum Gasteiger partial charge on any atom is -0.361 e. The van der Waals surface area contributed by atoms with Crippen molar-refractivity contribution in [2.45, 2.75) is 25.8 Å². The topological polar surface area (TPSA) is 94.3 Å². The standard InChI is InChI=1S/C24H25FN4O3/c1-15(23(31)26-11-10-16-13-27-21-5-3-2-4-20(16)21)28-24(32)17-12-22(30)29(14-17)19-8-6-18(25)7-9-19/h2-9,13,15,17,27H,10-12,14H2,1H3,(H,26,31)(H,28,32)/t15-,17-/m0/s1. The van der Waals surface area contributed by atoms with Crippen molar-refractivity contribution in [3.63, 3.8) is 0 Å². The second-order valence-corrected chi connectivity index (χ2v) is 8.01. The highest BCUT2D eigenvalue weighted by molar-refractivity contribution is 6.01. The molecule has 0 unspecified atom stereocenters. The van der Waals surface area contributed by atoms with Gasteiger partial charge in [-0.3, -0.25) is 14.4 Å². The number of rotatable bonds is 7. The van der Waals surface area contributed by atoms with Gasteiger partial charge in [-0.05, 0) is 49.2 Å². The van der Waals surface area contributed by atoms with Gasteiger partial charge < -0.3 is 20.5 Å². The molecule has 8 heteroatoms. The first kappa shape index (κ1) is 21.5. The third kappa shape index (κ3) is 4.64. The number of aromatic amines is 1. The number of aromatic nitrogens is 1. The van der Waals surface area contributed by atoms with E-state index in [9.17, 15) is 18.8 Å². The molecule has 1 fully saturated rings. The second-order valence-electron chi connectivity index (χ2n) is 8.01. The van der Waals surface area contributed by atoms with Crippen LogP contribution in [0.2, 0.25) is 0 Å². The molecule has 1 aliphatic rings. The van der Waals surface area contributed by atoms with Crippen LogP contribution in [0.15, 0.2) is 54.7 Å². The minimum absolute atomic E-state index is 0.0537. The number of nitrogens with one attached hydrogen (secondary N) is 3. The van der Waals surface area contributed by atoms with Gasteiger partial charge in [-0.15, -0.1) is 0 Å². The van der Waals surface area contributed by atoms with E-state index in [0.29, 0.717) is 18.7 Å². The molecule has 7 nitrogen and oxygen atoms in total. The number of hydrogen-bond acceptors (Lipinski definition) is 3. The smallest absolute Gasteiger partial charge is 0.242 e. The van der Waals surface area contributed by atoms with Gasteiger partial charge in [0.05, 0.1) is 5.92 Å². The molecule has 3 amide bonds. The molecule has 0 saturated carbocycles. The lowest BCUT2D eigenvalue weighted by molar-refractivity contribution is -0.130. The highest BCUT2D eigenvalue weighted by Crippen LogP contribution is 2.25. The summed E-state index contributed by atoms with van der Waals surface area (Å²) in [6.07, 6.45) is 2.66. The van der Waals surface area contributed by atoms with Crippen molar-refractivity contribution in [1.82, 2.24) is 15.6 Å². The normalized spacial score (nSPS) is 16.9. The summed E-state index contributed by atoms with van der Waals surface area (Å²) in [6, 6.07) is 12.8. The van der Waals surface area contributed by atoms with Crippen molar-refractivity contribution >= 4 is 34.3 Å². The number of anilines is 1. The average Bonchev–Trinajstić information content (AvgIpc) is 3.38. The number of hydrogen-bond donors (Lipinski definition) is 3. The summed E-state index contributed by atoms with van der Waals surface area (Å²) >= 11 is 0. The first-order valence-electron chi connectivity index (χ1n) is 10.6. The Balaban J connectivity index is 1.26. The van der Waals surface area contributed by atoms with Crippen molar-refractivity contribution in [3.8, 4) is 0 Å².